The molecular formula is C21H28N3O3+. The molecule has 0 aliphatic rings. The molecular weight excluding hydrogens is 342 g/mol. The van der Waals surface area contributed by atoms with Gasteiger partial charge in [-0.2, -0.15) is 0 Å². The zero-order valence-corrected chi connectivity index (χ0v) is 16.4. The molecule has 2 rings (SSSR count). The number of carbonyl (C=O) groups is 2. The monoisotopic (exact) mass is 370 g/mol. The summed E-state index contributed by atoms with van der Waals surface area (Å²) in [5, 5.41) is 5.12. The van der Waals surface area contributed by atoms with Crippen molar-refractivity contribution >= 4 is 17.6 Å². The van der Waals surface area contributed by atoms with Crippen LogP contribution in [-0.4, -0.2) is 32.1 Å². The van der Waals surface area contributed by atoms with E-state index in [1.54, 1.807) is 0 Å². The SMILES string of the molecule is CCOc1ccc(C[NH+](C)CC(=O)NC(=O)Nc2cccc(C)c2C)cc1. The Bertz CT molecular complexity index is 788. The van der Waals surface area contributed by atoms with Gasteiger partial charge < -0.3 is 15.0 Å². The van der Waals surface area contributed by atoms with Gasteiger partial charge in [-0.05, 0) is 62.2 Å². The number of quaternary nitrogens is 1. The molecule has 3 amide bonds. The number of benzene rings is 2. The lowest BCUT2D eigenvalue weighted by Crippen LogP contribution is -3.09. The van der Waals surface area contributed by atoms with Crippen molar-refractivity contribution in [2.45, 2.75) is 27.3 Å². The van der Waals surface area contributed by atoms with E-state index in [1.807, 2.05) is 70.3 Å². The van der Waals surface area contributed by atoms with E-state index < -0.39 is 6.03 Å². The number of rotatable bonds is 7. The molecule has 6 nitrogen and oxygen atoms in total. The highest BCUT2D eigenvalue weighted by molar-refractivity contribution is 6.01. The highest BCUT2D eigenvalue weighted by Crippen LogP contribution is 2.17. The molecule has 0 bridgehead atoms. The maximum Gasteiger partial charge on any atom is 0.326 e. The summed E-state index contributed by atoms with van der Waals surface area (Å²) in [6.07, 6.45) is 0. The molecule has 1 unspecified atom stereocenters. The van der Waals surface area contributed by atoms with Gasteiger partial charge in [-0.3, -0.25) is 10.1 Å². The molecule has 27 heavy (non-hydrogen) atoms. The highest BCUT2D eigenvalue weighted by Gasteiger charge is 2.14. The van der Waals surface area contributed by atoms with Crippen molar-refractivity contribution in [1.82, 2.24) is 5.32 Å². The van der Waals surface area contributed by atoms with Gasteiger partial charge in [0, 0.05) is 11.3 Å². The Morgan fingerprint density at radius 2 is 1.78 bits per heavy atom. The van der Waals surface area contributed by atoms with Crippen molar-refractivity contribution in [2.24, 2.45) is 0 Å². The number of amides is 3. The van der Waals surface area contributed by atoms with Crippen molar-refractivity contribution in [1.29, 1.82) is 0 Å². The average Bonchev–Trinajstić information content (AvgIpc) is 2.60. The number of ether oxygens (including phenoxy) is 1. The molecule has 144 valence electrons. The van der Waals surface area contributed by atoms with Crippen LogP contribution in [0.4, 0.5) is 10.5 Å². The minimum atomic E-state index is -0.512. The van der Waals surface area contributed by atoms with Crippen LogP contribution in [-0.2, 0) is 11.3 Å². The lowest BCUT2D eigenvalue weighted by Gasteiger charge is -2.15. The van der Waals surface area contributed by atoms with E-state index in [0.29, 0.717) is 18.8 Å². The second-order valence-electron chi connectivity index (χ2n) is 6.64. The quantitative estimate of drug-likeness (QED) is 0.699. The van der Waals surface area contributed by atoms with Crippen molar-refractivity contribution in [2.75, 3.05) is 25.5 Å². The molecule has 2 aromatic rings. The van der Waals surface area contributed by atoms with Crippen molar-refractivity contribution in [3.8, 4) is 5.75 Å². The van der Waals surface area contributed by atoms with Crippen LogP contribution in [0.1, 0.15) is 23.6 Å². The molecule has 0 spiro atoms. The van der Waals surface area contributed by atoms with E-state index >= 15 is 0 Å². The second kappa shape index (κ2) is 9.73. The van der Waals surface area contributed by atoms with Gasteiger partial charge in [0.1, 0.15) is 12.3 Å². The molecule has 0 fully saturated rings. The summed E-state index contributed by atoms with van der Waals surface area (Å²) < 4.78 is 5.42. The van der Waals surface area contributed by atoms with Gasteiger partial charge >= 0.3 is 6.03 Å². The van der Waals surface area contributed by atoms with E-state index in [2.05, 4.69) is 10.6 Å². The molecule has 6 heteroatoms. The molecule has 0 radical (unpaired) electrons. The number of nitrogens with one attached hydrogen (secondary N) is 3. The first-order chi connectivity index (χ1) is 12.9. The number of anilines is 1. The van der Waals surface area contributed by atoms with Gasteiger partial charge in [-0.15, -0.1) is 0 Å². The molecule has 0 saturated heterocycles. The van der Waals surface area contributed by atoms with Crippen molar-refractivity contribution < 1.29 is 19.2 Å². The molecule has 0 aromatic heterocycles. The average molecular weight is 370 g/mol. The number of aryl methyl sites for hydroxylation is 1. The fraction of sp³-hybridized carbons (Fsp3) is 0.333. The van der Waals surface area contributed by atoms with E-state index in [-0.39, 0.29) is 12.5 Å². The number of hydrogen-bond donors (Lipinski definition) is 3. The van der Waals surface area contributed by atoms with Gasteiger partial charge in [0.15, 0.2) is 6.54 Å². The number of carbonyl (C=O) groups excluding carboxylic acids is 2. The maximum absolute atomic E-state index is 12.1. The fourth-order valence-electron chi connectivity index (χ4n) is 2.77. The van der Waals surface area contributed by atoms with Gasteiger partial charge in [0.25, 0.3) is 5.91 Å². The first-order valence-electron chi connectivity index (χ1n) is 9.09. The lowest BCUT2D eigenvalue weighted by atomic mass is 10.1. The zero-order chi connectivity index (χ0) is 19.8. The molecule has 3 N–H and O–H groups in total. The number of hydrogen-bond acceptors (Lipinski definition) is 3. The predicted molar refractivity (Wildman–Crippen MR) is 106 cm³/mol. The molecule has 0 saturated carbocycles. The molecule has 0 aliphatic carbocycles. The van der Waals surface area contributed by atoms with E-state index in [1.165, 1.54) is 0 Å². The van der Waals surface area contributed by atoms with Crippen LogP contribution >= 0.6 is 0 Å². The van der Waals surface area contributed by atoms with E-state index in [9.17, 15) is 9.59 Å². The van der Waals surface area contributed by atoms with Crippen LogP contribution in [0.25, 0.3) is 0 Å². The number of urea groups is 1. The lowest BCUT2D eigenvalue weighted by molar-refractivity contribution is -0.885. The van der Waals surface area contributed by atoms with Crippen LogP contribution in [0, 0.1) is 13.8 Å². The largest absolute Gasteiger partial charge is 0.494 e. The van der Waals surface area contributed by atoms with E-state index in [0.717, 1.165) is 27.3 Å². The maximum atomic E-state index is 12.1. The minimum absolute atomic E-state index is 0.202. The smallest absolute Gasteiger partial charge is 0.326 e. The third-order valence-electron chi connectivity index (χ3n) is 4.31. The highest BCUT2D eigenvalue weighted by atomic mass is 16.5. The van der Waals surface area contributed by atoms with Gasteiger partial charge in [0.2, 0.25) is 0 Å². The Hall–Kier alpha value is -2.86. The molecule has 0 heterocycles. The standard InChI is InChI=1S/C21H27N3O3/c1-5-27-18-11-9-17(10-12-18)13-24(4)14-20(25)23-21(26)22-19-8-6-7-15(2)16(19)3/h6-12H,5,13-14H2,1-4H3,(H2,22,23,25,26)/p+1. The first kappa shape index (κ1) is 20.5. The zero-order valence-electron chi connectivity index (χ0n) is 16.4. The van der Waals surface area contributed by atoms with Gasteiger partial charge in [0.05, 0.1) is 13.7 Å². The Labute approximate surface area is 160 Å². The predicted octanol–water partition coefficient (Wildman–Crippen LogP) is 2.07. The number of imide groups is 1. The molecule has 2 aromatic carbocycles. The Kier molecular flexibility index (Phi) is 7.37. The van der Waals surface area contributed by atoms with Crippen LogP contribution in [0.2, 0.25) is 0 Å². The summed E-state index contributed by atoms with van der Waals surface area (Å²) in [6.45, 7) is 7.37. The topological polar surface area (TPSA) is 71.9 Å². The normalized spacial score (nSPS) is 11.6. The molecule has 0 aliphatic heterocycles. The third-order valence-corrected chi connectivity index (χ3v) is 4.31. The summed E-state index contributed by atoms with van der Waals surface area (Å²) in [4.78, 5) is 25.2. The van der Waals surface area contributed by atoms with Gasteiger partial charge in [-0.25, -0.2) is 4.79 Å². The number of likely N-dealkylation sites (N-methyl/N-ethyl adjacent to an activating group) is 1. The van der Waals surface area contributed by atoms with Crippen LogP contribution < -0.4 is 20.3 Å². The minimum Gasteiger partial charge on any atom is -0.494 e. The summed E-state index contributed by atoms with van der Waals surface area (Å²) in [6, 6.07) is 13.0. The van der Waals surface area contributed by atoms with E-state index in [4.69, 9.17) is 4.74 Å². The van der Waals surface area contributed by atoms with Crippen molar-refractivity contribution in [3.63, 3.8) is 0 Å². The van der Waals surface area contributed by atoms with Crippen molar-refractivity contribution in [3.05, 3.63) is 59.2 Å². The first-order valence-corrected chi connectivity index (χ1v) is 9.09. The van der Waals surface area contributed by atoms with Gasteiger partial charge in [-0.1, -0.05) is 12.1 Å². The van der Waals surface area contributed by atoms with Crippen LogP contribution in [0.15, 0.2) is 42.5 Å². The Balaban J connectivity index is 1.81. The third kappa shape index (κ3) is 6.42. The molecule has 1 atom stereocenters. The second-order valence-corrected chi connectivity index (χ2v) is 6.64. The summed E-state index contributed by atoms with van der Waals surface area (Å²) in [7, 11) is 1.92. The Morgan fingerprint density at radius 3 is 2.44 bits per heavy atom. The Morgan fingerprint density at radius 1 is 1.07 bits per heavy atom. The fourth-order valence-corrected chi connectivity index (χ4v) is 2.77. The summed E-state index contributed by atoms with van der Waals surface area (Å²) in [5.74, 6) is 0.515. The summed E-state index contributed by atoms with van der Waals surface area (Å²) in [5.41, 5.74) is 3.87. The summed E-state index contributed by atoms with van der Waals surface area (Å²) >= 11 is 0. The van der Waals surface area contributed by atoms with Crippen LogP contribution in [0.5, 0.6) is 5.75 Å². The van der Waals surface area contributed by atoms with Crippen LogP contribution in [0.3, 0.4) is 0 Å².